The van der Waals surface area contributed by atoms with E-state index in [1.54, 1.807) is 38.7 Å². The van der Waals surface area contributed by atoms with Gasteiger partial charge in [0, 0.05) is 103 Å². The summed E-state index contributed by atoms with van der Waals surface area (Å²) in [5.41, 5.74) is 16.0. The molecule has 4 amide bonds. The summed E-state index contributed by atoms with van der Waals surface area (Å²) in [5.74, 6) is -14.6. The Kier molecular flexibility index (Phi) is 47.3. The molecule has 0 aliphatic rings. The van der Waals surface area contributed by atoms with Gasteiger partial charge in [-0.3, -0.25) is 34.1 Å². The Morgan fingerprint density at radius 2 is 0.787 bits per heavy atom. The molecule has 0 unspecified atom stereocenters. The fraction of sp³-hybridized carbons (Fsp3) is 0.136. The molecule has 11 N–H and O–H groups in total. The minimum Gasteiger partial charge on any atom is -0.870 e. The van der Waals surface area contributed by atoms with E-state index in [2.05, 4.69) is 82.2 Å². The number of amides is 4. The number of nitrogens with zero attached hydrogens (tertiary/aromatic N) is 11. The second kappa shape index (κ2) is 55.5. The molecule has 0 atom stereocenters. The van der Waals surface area contributed by atoms with Crippen molar-refractivity contribution in [2.45, 2.75) is 54.3 Å². The average Bonchev–Trinajstić information content (AvgIpc) is 0.813. The van der Waals surface area contributed by atoms with Gasteiger partial charge in [0.25, 0.3) is 23.6 Å². The van der Waals surface area contributed by atoms with E-state index in [0.717, 1.165) is 42.6 Å². The number of carboxylic acid groups (broad SMARTS) is 1. The summed E-state index contributed by atoms with van der Waals surface area (Å²) in [6.07, 6.45) is 5.26. The standard InChI is InChI=1S/C24H17F3N6O3S.C20H18FN5O4S.C18H14FN5O4S.C10H5F6IO4.C8H9ClN2O2S.CH4.2Na.H2O/c1-37-24-30-11-15(23(35)32-18-4-2-12(25)8-16(18)26)22(33-24)31-13-3-5-20(17(27)9-13)36-14-6-7-29-19(10-14)21(28)34;1-3-29-19(28)13-10-24-20(31-2)26-18(13)25-11-4-5-16(14(21)8-11)30-12-6-7-23-15(9-12)17(22)27;1-29-18-22-8-11(17(26)27)16(24-18)23-9-2-3-14(12(19)6-9)28-10-4-5-21-13(7-10)15(20)25;11-9(12,13)7(18)20-17(6-4-2-1-3-5-6)21-8(19)10(14,15)16;1-3-13-7(12)5-4-10-8(14-2)11-6(5)9;;;;/h2-11H,1H3,(H2,28,34)(H,32,35)(H,30,31,33);4-10H,3H2,1-2H3,(H2,22,27)(H,24,25,26);2-8H,1H3,(H2,20,25)(H,26,27)(H,22,23,24);1-5H;4H,3H2,1-2H3;1H4;;;1H2/q;;;;;;2*+1;/p-2. The number of esters is 2. The molecule has 0 fully saturated rings. The van der Waals surface area contributed by atoms with Gasteiger partial charge < -0.3 is 77.5 Å². The van der Waals surface area contributed by atoms with E-state index in [-0.39, 0.29) is 196 Å². The zero-order valence-electron chi connectivity index (χ0n) is 70.3. The summed E-state index contributed by atoms with van der Waals surface area (Å²) >= 11 is 6.59. The molecule has 55 heteroatoms. The van der Waals surface area contributed by atoms with Crippen molar-refractivity contribution in [1.29, 1.82) is 0 Å². The van der Waals surface area contributed by atoms with Gasteiger partial charge in [0.2, 0.25) is 0 Å². The Bertz CT molecular complexity index is 6220. The number of hydrogen-bond donors (Lipinski definition) is 7. The molecular weight excluding hydrogens is 2060 g/mol. The van der Waals surface area contributed by atoms with Crippen molar-refractivity contribution in [2.75, 3.05) is 59.5 Å². The molecule has 5 aromatic carbocycles. The fourth-order valence-corrected chi connectivity index (χ4v) is 13.8. The number of aromatic nitrogens is 11. The Balaban J connectivity index is 0.000000363. The fourth-order valence-electron chi connectivity index (χ4n) is 9.36. The summed E-state index contributed by atoms with van der Waals surface area (Å²) in [5, 5.41) is 23.8. The van der Waals surface area contributed by atoms with Crippen molar-refractivity contribution < 1.29 is 191 Å². The molecule has 0 bridgehead atoms. The number of primary amides is 3. The van der Waals surface area contributed by atoms with E-state index >= 15 is 0 Å². The molecule has 7 heterocycles. The summed E-state index contributed by atoms with van der Waals surface area (Å²) in [7, 11) is 0. The van der Waals surface area contributed by atoms with Crippen LogP contribution in [0.15, 0.2) is 204 Å². The normalized spacial score (nSPS) is 10.4. The first-order valence-electron chi connectivity index (χ1n) is 36.2. The molecule has 12 aromatic rings. The average molecular weight is 2130 g/mol. The van der Waals surface area contributed by atoms with Crippen molar-refractivity contribution in [3.8, 4) is 34.5 Å². The second-order valence-electron chi connectivity index (χ2n) is 24.3. The van der Waals surface area contributed by atoms with E-state index in [1.807, 2.05) is 6.26 Å². The third kappa shape index (κ3) is 35.3. The summed E-state index contributed by atoms with van der Waals surface area (Å²) in [6.45, 7) is 3.91. The number of aromatic carboxylic acids is 1. The Morgan fingerprint density at radius 1 is 0.441 bits per heavy atom. The number of anilines is 7. The van der Waals surface area contributed by atoms with Gasteiger partial charge in [0.05, 0.1) is 30.4 Å². The quantitative estimate of drug-likeness (QED) is 0.00436. The van der Waals surface area contributed by atoms with Crippen molar-refractivity contribution in [1.82, 2.24) is 54.8 Å². The zero-order valence-corrected chi connectivity index (χ0v) is 80.5. The van der Waals surface area contributed by atoms with Gasteiger partial charge >= 0.3 is 192 Å². The predicted octanol–water partition coefficient (Wildman–Crippen LogP) is 10.1. The molecule has 0 radical (unpaired) electrons. The number of rotatable bonds is 29. The maximum atomic E-state index is 14.8. The van der Waals surface area contributed by atoms with Crippen LogP contribution in [0, 0.1) is 32.7 Å². The SMILES string of the molecule is C.CCOC(=O)c1cnc(SC)nc1Cl.CCOC(=O)c1cnc(SC)nc1Nc1ccc(Oc2ccnc(C(N)=O)c2)c(F)c1.CSc1ncc(C(=O)Nc2ccc(F)cc2F)c(Nc2ccc(Oc3ccnc(C(N)=O)c3)c(F)c2)n1.CSc1ncc(C(=O)[O-])c(Nc2ccc(Oc3ccnc(C(N)=O)c3)c(F)c2)n1.O=C(OI(OC(=O)C(F)(F)F)c1ccccc1)C(F)(F)F.[Na+].[Na+].[OH-]. The number of carbonyl (C=O) groups excluding carboxylic acids is 9. The largest absolute Gasteiger partial charge is 1.00 e. The predicted molar refractivity (Wildman–Crippen MR) is 470 cm³/mol. The number of pyridine rings is 3. The van der Waals surface area contributed by atoms with Crippen LogP contribution in [0.2, 0.25) is 5.15 Å². The molecule has 0 saturated carbocycles. The summed E-state index contributed by atoms with van der Waals surface area (Å²) < 4.78 is 177. The first-order chi connectivity index (χ1) is 62.7. The molecule has 0 saturated heterocycles. The monoisotopic (exact) mass is 2120 g/mol. The van der Waals surface area contributed by atoms with Crippen molar-refractivity contribution in [3.05, 3.63) is 260 Å². The number of carboxylic acids is 1. The number of nitrogens with one attached hydrogen (secondary N) is 4. The van der Waals surface area contributed by atoms with E-state index in [4.69, 9.17) is 52.5 Å². The van der Waals surface area contributed by atoms with E-state index in [0.29, 0.717) is 39.0 Å². The third-order valence-corrected chi connectivity index (χ3v) is 21.1. The topological polar surface area (TPSA) is 539 Å². The molecule has 0 spiro atoms. The smallest absolute Gasteiger partial charge is 0.870 e. The van der Waals surface area contributed by atoms with Crippen molar-refractivity contribution in [3.63, 3.8) is 0 Å². The van der Waals surface area contributed by atoms with E-state index in [1.165, 1.54) is 175 Å². The second-order valence-corrected chi connectivity index (χ2v) is 31.1. The Hall–Kier alpha value is -12.5. The van der Waals surface area contributed by atoms with Gasteiger partial charge in [0.1, 0.15) is 85.3 Å². The number of hydrogen-bond acceptors (Lipinski definition) is 36. The van der Waals surface area contributed by atoms with Gasteiger partial charge in [-0.2, -0.15) is 0 Å². The maximum Gasteiger partial charge on any atom is 1.00 e. The minimum absolute atomic E-state index is 0. The number of alkyl halides is 6. The van der Waals surface area contributed by atoms with Crippen molar-refractivity contribution >= 4 is 173 Å². The van der Waals surface area contributed by atoms with Crippen LogP contribution >= 0.6 is 79.3 Å². The number of halogens is 13. The molecule has 0 aliphatic heterocycles. The molecular formula is C81H67ClF11IN18Na2O18S4. The number of benzene rings is 5. The molecule has 36 nitrogen and oxygen atoms in total. The third-order valence-electron chi connectivity index (χ3n) is 15.3. The first kappa shape index (κ1) is 116. The molecule has 136 heavy (non-hydrogen) atoms. The van der Waals surface area contributed by atoms with Gasteiger partial charge in [-0.25, -0.2) is 71.4 Å². The van der Waals surface area contributed by atoms with E-state index < -0.39 is 116 Å². The van der Waals surface area contributed by atoms with Crippen LogP contribution in [0.3, 0.4) is 0 Å². The van der Waals surface area contributed by atoms with Crippen LogP contribution in [0.4, 0.5) is 88.5 Å². The van der Waals surface area contributed by atoms with Gasteiger partial charge in [0.15, 0.2) is 55.3 Å². The van der Waals surface area contributed by atoms with Crippen LogP contribution in [0.5, 0.6) is 34.5 Å². The number of nitrogens with two attached hydrogens (primary N) is 3. The van der Waals surface area contributed by atoms with Crippen LogP contribution < -0.4 is 117 Å². The first-order valence-corrected chi connectivity index (χ1v) is 44.3. The van der Waals surface area contributed by atoms with Crippen LogP contribution in [0.25, 0.3) is 0 Å². The van der Waals surface area contributed by atoms with E-state index in [9.17, 15) is 96.6 Å². The molecule has 12 rings (SSSR count). The molecule has 0 aliphatic carbocycles. The molecule has 706 valence electrons. The van der Waals surface area contributed by atoms with Crippen LogP contribution in [0.1, 0.15) is 94.2 Å². The van der Waals surface area contributed by atoms with Gasteiger partial charge in [-0.1, -0.05) is 66.1 Å². The number of thioether (sulfide) groups is 4. The minimum atomic E-state index is -5.41. The summed E-state index contributed by atoms with van der Waals surface area (Å²) in [4.78, 5) is 146. The Morgan fingerprint density at radius 3 is 1.12 bits per heavy atom. The Labute approximate surface area is 837 Å². The van der Waals surface area contributed by atoms with Crippen LogP contribution in [-0.2, 0) is 25.2 Å². The number of carbonyl (C=O) groups is 9. The number of ether oxygens (including phenoxy) is 5. The van der Waals surface area contributed by atoms with Crippen LogP contribution in [-0.4, -0.2) is 164 Å². The van der Waals surface area contributed by atoms with Gasteiger partial charge in [-0.05, 0) is 106 Å². The van der Waals surface area contributed by atoms with Crippen molar-refractivity contribution in [2.24, 2.45) is 17.2 Å². The molecule has 7 aromatic heterocycles. The zero-order chi connectivity index (χ0) is 96.7. The maximum absolute atomic E-state index is 14.8. The van der Waals surface area contributed by atoms with Gasteiger partial charge in [-0.15, -0.1) is 0 Å². The summed E-state index contributed by atoms with van der Waals surface area (Å²) in [6, 6.07) is 29.0.